The van der Waals surface area contributed by atoms with Crippen LogP contribution >= 0.6 is 0 Å². The Balaban J connectivity index is 1.49. The molecule has 0 radical (unpaired) electrons. The van der Waals surface area contributed by atoms with Gasteiger partial charge >= 0.3 is 0 Å². The Morgan fingerprint density at radius 3 is 2.68 bits per heavy atom. The first-order valence-corrected chi connectivity index (χ1v) is 9.07. The number of aryl methyl sites for hydroxylation is 2. The van der Waals surface area contributed by atoms with Gasteiger partial charge in [-0.25, -0.2) is 9.07 Å². The first-order chi connectivity index (χ1) is 13.4. The summed E-state index contributed by atoms with van der Waals surface area (Å²) in [5, 5.41) is 18.3. The molecule has 1 amide bonds. The third kappa shape index (κ3) is 3.35. The van der Waals surface area contributed by atoms with Crippen molar-refractivity contribution in [2.45, 2.75) is 32.6 Å². The van der Waals surface area contributed by atoms with Gasteiger partial charge in [-0.3, -0.25) is 4.79 Å². The van der Waals surface area contributed by atoms with Gasteiger partial charge in [0.1, 0.15) is 5.82 Å². The summed E-state index contributed by atoms with van der Waals surface area (Å²) in [6.07, 6.45) is 2.76. The number of hydrogen-bond acceptors (Lipinski definition) is 6. The predicted octanol–water partition coefficient (Wildman–Crippen LogP) is 2.74. The minimum Gasteiger partial charge on any atom is -0.504 e. The lowest BCUT2D eigenvalue weighted by molar-refractivity contribution is 0.0695. The molecule has 4 rings (SSSR count). The molecule has 1 saturated heterocycles. The van der Waals surface area contributed by atoms with E-state index in [1.165, 1.54) is 23.0 Å². The zero-order chi connectivity index (χ0) is 19.8. The highest BCUT2D eigenvalue weighted by Crippen LogP contribution is 2.29. The zero-order valence-corrected chi connectivity index (χ0v) is 15.6. The lowest BCUT2D eigenvalue weighted by Crippen LogP contribution is -2.38. The van der Waals surface area contributed by atoms with Gasteiger partial charge in [-0.15, -0.1) is 0 Å². The maximum atomic E-state index is 13.3. The first kappa shape index (κ1) is 18.1. The number of halogens is 1. The van der Waals surface area contributed by atoms with Crippen molar-refractivity contribution in [1.82, 2.24) is 24.8 Å². The van der Waals surface area contributed by atoms with E-state index in [0.29, 0.717) is 48.9 Å². The molecule has 0 atom stereocenters. The first-order valence-electron chi connectivity index (χ1n) is 9.07. The Kier molecular flexibility index (Phi) is 4.58. The minimum absolute atomic E-state index is 0.0178. The van der Waals surface area contributed by atoms with Gasteiger partial charge in [0.2, 0.25) is 5.89 Å². The van der Waals surface area contributed by atoms with Crippen LogP contribution in [0.2, 0.25) is 0 Å². The minimum atomic E-state index is -0.353. The maximum absolute atomic E-state index is 13.3. The summed E-state index contributed by atoms with van der Waals surface area (Å²) in [6.45, 7) is 4.52. The van der Waals surface area contributed by atoms with Gasteiger partial charge in [-0.1, -0.05) is 5.16 Å². The number of amides is 1. The normalized spacial score (nSPS) is 15.2. The Morgan fingerprint density at radius 2 is 2.04 bits per heavy atom. The zero-order valence-electron chi connectivity index (χ0n) is 15.6. The number of aromatic nitrogens is 4. The lowest BCUT2D eigenvalue weighted by atomic mass is 9.96. The van der Waals surface area contributed by atoms with E-state index in [2.05, 4.69) is 15.2 Å². The van der Waals surface area contributed by atoms with Gasteiger partial charge in [-0.2, -0.15) is 10.1 Å². The highest BCUT2D eigenvalue weighted by molar-refractivity contribution is 5.95. The second-order valence-electron chi connectivity index (χ2n) is 6.98. The summed E-state index contributed by atoms with van der Waals surface area (Å²) >= 11 is 0. The van der Waals surface area contributed by atoms with Crippen molar-refractivity contribution in [3.63, 3.8) is 0 Å². The molecule has 0 saturated carbocycles. The number of hydrogen-bond donors (Lipinski definition) is 1. The van der Waals surface area contributed by atoms with Gasteiger partial charge < -0.3 is 14.5 Å². The third-order valence-corrected chi connectivity index (χ3v) is 4.98. The average molecular weight is 385 g/mol. The fraction of sp³-hybridized carbons (Fsp3) is 0.368. The van der Waals surface area contributed by atoms with Crippen molar-refractivity contribution in [2.24, 2.45) is 0 Å². The highest BCUT2D eigenvalue weighted by Gasteiger charge is 2.30. The molecular weight excluding hydrogens is 365 g/mol. The van der Waals surface area contributed by atoms with Gasteiger partial charge in [-0.05, 0) is 50.5 Å². The summed E-state index contributed by atoms with van der Waals surface area (Å²) < 4.78 is 19.9. The molecular formula is C19H20FN5O3. The van der Waals surface area contributed by atoms with Crippen molar-refractivity contribution >= 4 is 5.91 Å². The van der Waals surface area contributed by atoms with E-state index in [4.69, 9.17) is 4.52 Å². The standard InChI is InChI=1S/C19H20FN5O3/c1-11-9-14(20)3-4-15(11)25-10-16(26)17(22-25)19(27)24-7-5-13(6-8-24)18-21-12(2)23-28-18/h3-4,9-10,13,26H,5-8H2,1-2H3. The second-order valence-corrected chi connectivity index (χ2v) is 6.98. The Hall–Kier alpha value is -3.23. The van der Waals surface area contributed by atoms with Crippen molar-refractivity contribution in [2.75, 3.05) is 13.1 Å². The van der Waals surface area contributed by atoms with Crippen molar-refractivity contribution < 1.29 is 18.8 Å². The number of rotatable bonds is 3. The summed E-state index contributed by atoms with van der Waals surface area (Å²) in [5.74, 6) is 0.426. The van der Waals surface area contributed by atoms with E-state index in [1.54, 1.807) is 24.8 Å². The van der Waals surface area contributed by atoms with Gasteiger partial charge in [0.15, 0.2) is 17.3 Å². The van der Waals surface area contributed by atoms with Gasteiger partial charge in [0, 0.05) is 19.0 Å². The van der Waals surface area contributed by atoms with E-state index in [0.717, 1.165) is 0 Å². The SMILES string of the molecule is Cc1noc(C2CCN(C(=O)c3nn(-c4ccc(F)cc4C)cc3O)CC2)n1. The van der Waals surface area contributed by atoms with Crippen LogP contribution in [0, 0.1) is 19.7 Å². The third-order valence-electron chi connectivity index (χ3n) is 4.98. The molecule has 0 aliphatic carbocycles. The number of likely N-dealkylation sites (tertiary alicyclic amines) is 1. The van der Waals surface area contributed by atoms with Crippen LogP contribution in [0.4, 0.5) is 4.39 Å². The van der Waals surface area contributed by atoms with E-state index in [9.17, 15) is 14.3 Å². The van der Waals surface area contributed by atoms with Crippen LogP contribution in [0.1, 0.15) is 46.5 Å². The summed E-state index contributed by atoms with van der Waals surface area (Å²) in [5.41, 5.74) is 1.23. The molecule has 1 aliphatic heterocycles. The van der Waals surface area contributed by atoms with Crippen molar-refractivity contribution in [1.29, 1.82) is 0 Å². The largest absolute Gasteiger partial charge is 0.504 e. The van der Waals surface area contributed by atoms with Crippen LogP contribution in [-0.4, -0.2) is 48.9 Å². The van der Waals surface area contributed by atoms with Crippen LogP contribution in [0.25, 0.3) is 5.69 Å². The summed E-state index contributed by atoms with van der Waals surface area (Å²) in [6, 6.07) is 4.25. The van der Waals surface area contributed by atoms with Gasteiger partial charge in [0.25, 0.3) is 5.91 Å². The Bertz CT molecular complexity index is 1020. The summed E-state index contributed by atoms with van der Waals surface area (Å²) in [7, 11) is 0. The molecule has 1 aliphatic rings. The fourth-order valence-electron chi connectivity index (χ4n) is 3.47. The Morgan fingerprint density at radius 1 is 1.29 bits per heavy atom. The number of benzene rings is 1. The smallest absolute Gasteiger partial charge is 0.278 e. The van der Waals surface area contributed by atoms with Crippen LogP contribution in [0.15, 0.2) is 28.9 Å². The molecule has 1 N–H and O–H groups in total. The fourth-order valence-corrected chi connectivity index (χ4v) is 3.47. The number of nitrogens with zero attached hydrogens (tertiary/aromatic N) is 5. The highest BCUT2D eigenvalue weighted by atomic mass is 19.1. The molecule has 146 valence electrons. The molecule has 1 fully saturated rings. The maximum Gasteiger partial charge on any atom is 0.278 e. The second kappa shape index (κ2) is 7.06. The van der Waals surface area contributed by atoms with Crippen LogP contribution in [0.3, 0.4) is 0 Å². The molecule has 3 aromatic rings. The predicted molar refractivity (Wildman–Crippen MR) is 96.8 cm³/mol. The number of carbonyl (C=O) groups is 1. The van der Waals surface area contributed by atoms with E-state index < -0.39 is 0 Å². The molecule has 1 aromatic carbocycles. The van der Waals surface area contributed by atoms with Crippen LogP contribution < -0.4 is 0 Å². The van der Waals surface area contributed by atoms with E-state index in [-0.39, 0.29) is 29.1 Å². The molecule has 9 heteroatoms. The lowest BCUT2D eigenvalue weighted by Gasteiger charge is -2.29. The van der Waals surface area contributed by atoms with Crippen LogP contribution in [0.5, 0.6) is 5.75 Å². The number of aromatic hydroxyl groups is 1. The van der Waals surface area contributed by atoms with Crippen molar-refractivity contribution in [3.05, 3.63) is 53.2 Å². The van der Waals surface area contributed by atoms with Crippen LogP contribution in [-0.2, 0) is 0 Å². The van der Waals surface area contributed by atoms with E-state index in [1.807, 2.05) is 0 Å². The molecule has 3 heterocycles. The molecule has 8 nitrogen and oxygen atoms in total. The number of piperidine rings is 1. The monoisotopic (exact) mass is 385 g/mol. The quantitative estimate of drug-likeness (QED) is 0.745. The summed E-state index contributed by atoms with van der Waals surface area (Å²) in [4.78, 5) is 18.8. The average Bonchev–Trinajstić information content (AvgIpc) is 3.27. The van der Waals surface area contributed by atoms with Crippen molar-refractivity contribution in [3.8, 4) is 11.4 Å². The topological polar surface area (TPSA) is 97.3 Å². The number of carbonyl (C=O) groups excluding carboxylic acids is 1. The molecule has 0 bridgehead atoms. The van der Waals surface area contributed by atoms with E-state index >= 15 is 0 Å². The molecule has 2 aromatic heterocycles. The molecule has 28 heavy (non-hydrogen) atoms. The molecule has 0 unspecified atom stereocenters. The van der Waals surface area contributed by atoms with Gasteiger partial charge in [0.05, 0.1) is 11.9 Å². The molecule has 0 spiro atoms. The Labute approximate surface area is 160 Å².